The van der Waals surface area contributed by atoms with Crippen LogP contribution in [0.2, 0.25) is 0 Å². The molecule has 5 nitrogen and oxygen atoms in total. The highest BCUT2D eigenvalue weighted by Crippen LogP contribution is 2.27. The molecule has 0 N–H and O–H groups in total. The van der Waals surface area contributed by atoms with Gasteiger partial charge in [0.1, 0.15) is 18.2 Å². The summed E-state index contributed by atoms with van der Waals surface area (Å²) >= 11 is 1.60. The highest BCUT2D eigenvalue weighted by atomic mass is 32.2. The number of nitrogens with zero attached hydrogens (tertiary/aromatic N) is 4. The van der Waals surface area contributed by atoms with Gasteiger partial charge < -0.3 is 4.42 Å². The van der Waals surface area contributed by atoms with E-state index in [1.165, 1.54) is 17.5 Å². The number of aryl methyl sites for hydroxylation is 1. The number of aromatic nitrogens is 4. The van der Waals surface area contributed by atoms with Gasteiger partial charge >= 0.3 is 0 Å². The molecule has 2 aromatic carbocycles. The van der Waals surface area contributed by atoms with Crippen molar-refractivity contribution >= 4 is 22.9 Å². The van der Waals surface area contributed by atoms with E-state index in [9.17, 15) is 0 Å². The molecule has 4 rings (SSSR count). The van der Waals surface area contributed by atoms with E-state index in [0.29, 0.717) is 5.22 Å². The third kappa shape index (κ3) is 2.98. The lowest BCUT2D eigenvalue weighted by atomic mass is 10.2. The normalized spacial score (nSPS) is 11.2. The molecule has 4 aromatic rings. The molecule has 0 spiro atoms. The summed E-state index contributed by atoms with van der Waals surface area (Å²) < 4.78 is 7.49. The van der Waals surface area contributed by atoms with Crippen molar-refractivity contribution in [3.63, 3.8) is 0 Å². The molecule has 0 saturated carbocycles. The van der Waals surface area contributed by atoms with E-state index >= 15 is 0 Å². The van der Waals surface area contributed by atoms with Crippen LogP contribution in [0.3, 0.4) is 0 Å². The summed E-state index contributed by atoms with van der Waals surface area (Å²) in [5, 5.41) is 4.82. The number of benzene rings is 2. The summed E-state index contributed by atoms with van der Waals surface area (Å²) in [6.45, 7) is 2.05. The second-order valence-corrected chi connectivity index (χ2v) is 6.17. The predicted molar refractivity (Wildman–Crippen MR) is 89.7 cm³/mol. The van der Waals surface area contributed by atoms with Crippen molar-refractivity contribution in [2.75, 3.05) is 0 Å². The molecular formula is C17H14N4OS. The van der Waals surface area contributed by atoms with Gasteiger partial charge in [0.05, 0.1) is 5.69 Å². The van der Waals surface area contributed by atoms with Crippen molar-refractivity contribution in [2.24, 2.45) is 0 Å². The van der Waals surface area contributed by atoms with Crippen LogP contribution in [0.25, 0.3) is 16.8 Å². The molecule has 0 aliphatic heterocycles. The zero-order valence-electron chi connectivity index (χ0n) is 12.5. The van der Waals surface area contributed by atoms with Gasteiger partial charge in [-0.1, -0.05) is 30.0 Å². The summed E-state index contributed by atoms with van der Waals surface area (Å²) in [5.41, 5.74) is 5.13. The van der Waals surface area contributed by atoms with Gasteiger partial charge in [0, 0.05) is 5.75 Å². The quantitative estimate of drug-likeness (QED) is 0.531. The number of hydrogen-bond acceptors (Lipinski definition) is 5. The molecule has 2 aromatic heterocycles. The van der Waals surface area contributed by atoms with Gasteiger partial charge in [0.25, 0.3) is 5.22 Å². The van der Waals surface area contributed by atoms with E-state index in [-0.39, 0.29) is 0 Å². The molecule has 0 atom stereocenters. The van der Waals surface area contributed by atoms with Gasteiger partial charge in [0.2, 0.25) is 0 Å². The van der Waals surface area contributed by atoms with Crippen LogP contribution in [0.5, 0.6) is 0 Å². The van der Waals surface area contributed by atoms with Crippen molar-refractivity contribution in [3.8, 4) is 5.69 Å². The number of hydrogen-bond donors (Lipinski definition) is 0. The SMILES string of the molecule is Cc1ccc2oc(SCc3ccc(-n4cncn4)cc3)nc2c1. The molecule has 0 radical (unpaired) electrons. The lowest BCUT2D eigenvalue weighted by molar-refractivity contribution is 0.489. The Hall–Kier alpha value is -2.60. The van der Waals surface area contributed by atoms with E-state index in [1.807, 2.05) is 30.3 Å². The Morgan fingerprint density at radius 3 is 2.78 bits per heavy atom. The first kappa shape index (κ1) is 14.0. The molecule has 0 bridgehead atoms. The minimum absolute atomic E-state index is 0.700. The maximum atomic E-state index is 5.76. The second-order valence-electron chi connectivity index (χ2n) is 5.25. The van der Waals surface area contributed by atoms with Crippen molar-refractivity contribution in [1.82, 2.24) is 19.7 Å². The third-order valence-corrected chi connectivity index (χ3v) is 4.40. The molecular weight excluding hydrogens is 308 g/mol. The van der Waals surface area contributed by atoms with E-state index in [4.69, 9.17) is 4.42 Å². The monoisotopic (exact) mass is 322 g/mol. The van der Waals surface area contributed by atoms with Gasteiger partial charge in [-0.3, -0.25) is 0 Å². The van der Waals surface area contributed by atoms with E-state index < -0.39 is 0 Å². The fourth-order valence-corrected chi connectivity index (χ4v) is 3.10. The van der Waals surface area contributed by atoms with Crippen LogP contribution in [0.1, 0.15) is 11.1 Å². The smallest absolute Gasteiger partial charge is 0.257 e. The first-order chi connectivity index (χ1) is 11.3. The Bertz CT molecular complexity index is 929. The van der Waals surface area contributed by atoms with Crippen molar-refractivity contribution in [2.45, 2.75) is 17.9 Å². The Balaban J connectivity index is 1.47. The Kier molecular flexibility index (Phi) is 3.59. The predicted octanol–water partition coefficient (Wildman–Crippen LogP) is 4.01. The first-order valence-electron chi connectivity index (χ1n) is 7.22. The lowest BCUT2D eigenvalue weighted by Crippen LogP contribution is -1.94. The minimum Gasteiger partial charge on any atom is -0.431 e. The van der Waals surface area contributed by atoms with E-state index in [1.54, 1.807) is 22.8 Å². The van der Waals surface area contributed by atoms with Gasteiger partial charge in [-0.2, -0.15) is 5.10 Å². The van der Waals surface area contributed by atoms with E-state index in [0.717, 1.165) is 22.5 Å². The average molecular weight is 322 g/mol. The van der Waals surface area contributed by atoms with Crippen LogP contribution >= 0.6 is 11.8 Å². The third-order valence-electron chi connectivity index (χ3n) is 3.51. The molecule has 6 heteroatoms. The molecule has 114 valence electrons. The van der Waals surface area contributed by atoms with Crippen LogP contribution in [-0.2, 0) is 5.75 Å². The van der Waals surface area contributed by atoms with Gasteiger partial charge in [-0.05, 0) is 42.3 Å². The Morgan fingerprint density at radius 1 is 1.13 bits per heavy atom. The summed E-state index contributed by atoms with van der Waals surface area (Å²) in [7, 11) is 0. The lowest BCUT2D eigenvalue weighted by Gasteiger charge is -2.02. The zero-order valence-corrected chi connectivity index (χ0v) is 13.3. The molecule has 0 saturated heterocycles. The molecule has 0 fully saturated rings. The standard InChI is InChI=1S/C17H14N4OS/c1-12-2-7-16-15(8-12)20-17(22-16)23-9-13-3-5-14(6-4-13)21-11-18-10-19-21/h2-8,10-11H,9H2,1H3. The summed E-state index contributed by atoms with van der Waals surface area (Å²) in [6, 6.07) is 14.3. The van der Waals surface area contributed by atoms with Crippen molar-refractivity contribution in [1.29, 1.82) is 0 Å². The summed E-state index contributed by atoms with van der Waals surface area (Å²) in [6.07, 6.45) is 3.21. The number of thioether (sulfide) groups is 1. The number of oxazole rings is 1. The fourth-order valence-electron chi connectivity index (χ4n) is 2.31. The molecule has 0 aliphatic carbocycles. The first-order valence-corrected chi connectivity index (χ1v) is 8.20. The number of rotatable bonds is 4. The van der Waals surface area contributed by atoms with Gasteiger partial charge in [-0.15, -0.1) is 0 Å². The van der Waals surface area contributed by atoms with Crippen LogP contribution in [0.4, 0.5) is 0 Å². The topological polar surface area (TPSA) is 56.7 Å². The summed E-state index contributed by atoms with van der Waals surface area (Å²) in [4.78, 5) is 8.47. The minimum atomic E-state index is 0.700. The van der Waals surface area contributed by atoms with Crippen molar-refractivity contribution in [3.05, 3.63) is 66.2 Å². The van der Waals surface area contributed by atoms with Crippen LogP contribution in [-0.4, -0.2) is 19.7 Å². The fraction of sp³-hybridized carbons (Fsp3) is 0.118. The van der Waals surface area contributed by atoms with Crippen LogP contribution < -0.4 is 0 Å². The van der Waals surface area contributed by atoms with Gasteiger partial charge in [0.15, 0.2) is 5.58 Å². The number of fused-ring (bicyclic) bond motifs is 1. The Morgan fingerprint density at radius 2 is 2.00 bits per heavy atom. The maximum Gasteiger partial charge on any atom is 0.257 e. The van der Waals surface area contributed by atoms with Crippen LogP contribution in [0, 0.1) is 6.92 Å². The maximum absolute atomic E-state index is 5.76. The van der Waals surface area contributed by atoms with E-state index in [2.05, 4.69) is 34.1 Å². The molecule has 0 amide bonds. The van der Waals surface area contributed by atoms with Crippen LogP contribution in [0.15, 0.2) is 64.8 Å². The Labute approximate surface area is 137 Å². The highest BCUT2D eigenvalue weighted by molar-refractivity contribution is 7.98. The zero-order chi connectivity index (χ0) is 15.6. The molecule has 23 heavy (non-hydrogen) atoms. The molecule has 0 aliphatic rings. The largest absolute Gasteiger partial charge is 0.431 e. The highest BCUT2D eigenvalue weighted by Gasteiger charge is 2.07. The average Bonchev–Trinajstić information content (AvgIpc) is 3.22. The summed E-state index contributed by atoms with van der Waals surface area (Å²) in [5.74, 6) is 0.809. The van der Waals surface area contributed by atoms with Gasteiger partial charge in [-0.25, -0.2) is 14.6 Å². The molecule has 2 heterocycles. The second kappa shape index (κ2) is 5.89. The van der Waals surface area contributed by atoms with Crippen molar-refractivity contribution < 1.29 is 4.42 Å². The molecule has 0 unspecified atom stereocenters.